The smallest absolute Gasteiger partial charge is 0.129 e. The van der Waals surface area contributed by atoms with E-state index >= 15 is 0 Å². The highest BCUT2D eigenvalue weighted by Gasteiger charge is 2.28. The van der Waals surface area contributed by atoms with Gasteiger partial charge in [0.25, 0.3) is 0 Å². The first-order chi connectivity index (χ1) is 8.15. The highest BCUT2D eigenvalue weighted by Crippen LogP contribution is 2.23. The van der Waals surface area contributed by atoms with Crippen molar-refractivity contribution in [3.05, 3.63) is 18.2 Å². The fraction of sp³-hybridized carbons (Fsp3) is 0.750. The van der Waals surface area contributed by atoms with Crippen molar-refractivity contribution in [2.45, 2.75) is 46.4 Å². The molecule has 0 aliphatic heterocycles. The van der Waals surface area contributed by atoms with E-state index in [0.29, 0.717) is 12.5 Å². The molecule has 5 heteroatoms. The van der Waals surface area contributed by atoms with E-state index in [2.05, 4.69) is 35.7 Å². The van der Waals surface area contributed by atoms with E-state index in [4.69, 9.17) is 10.6 Å². The minimum atomic E-state index is -0.0788. The molecule has 1 heterocycles. The number of hydrogen-bond acceptors (Lipinski definition) is 4. The Bertz CT molecular complexity index is 324. The van der Waals surface area contributed by atoms with E-state index in [1.165, 1.54) is 0 Å². The van der Waals surface area contributed by atoms with Gasteiger partial charge in [0.05, 0.1) is 6.10 Å². The largest absolute Gasteiger partial charge is 0.376 e. The molecule has 0 spiro atoms. The minimum Gasteiger partial charge on any atom is -0.376 e. The standard InChI is InChI=1S/C12H24N4O/c1-5-16-8-7-14-12(16)10(15-13)11(9(3)4)17-6-2/h7-11,15H,5-6,13H2,1-4H3. The van der Waals surface area contributed by atoms with E-state index < -0.39 is 0 Å². The van der Waals surface area contributed by atoms with Gasteiger partial charge in [0, 0.05) is 25.5 Å². The molecule has 98 valence electrons. The van der Waals surface area contributed by atoms with Crippen LogP contribution in [0.2, 0.25) is 0 Å². The summed E-state index contributed by atoms with van der Waals surface area (Å²) < 4.78 is 7.87. The Morgan fingerprint density at radius 3 is 2.65 bits per heavy atom. The van der Waals surface area contributed by atoms with Crippen LogP contribution in [-0.2, 0) is 11.3 Å². The molecular weight excluding hydrogens is 216 g/mol. The second-order valence-electron chi connectivity index (χ2n) is 4.38. The van der Waals surface area contributed by atoms with Crippen LogP contribution >= 0.6 is 0 Å². The molecule has 0 aliphatic carbocycles. The predicted molar refractivity (Wildman–Crippen MR) is 68.2 cm³/mol. The van der Waals surface area contributed by atoms with Gasteiger partial charge in [-0.1, -0.05) is 13.8 Å². The first kappa shape index (κ1) is 14.2. The molecule has 1 aromatic rings. The summed E-state index contributed by atoms with van der Waals surface area (Å²) in [7, 11) is 0. The molecule has 5 nitrogen and oxygen atoms in total. The van der Waals surface area contributed by atoms with Crippen molar-refractivity contribution in [2.75, 3.05) is 6.61 Å². The Balaban J connectivity index is 2.95. The molecule has 0 amide bonds. The molecule has 0 bridgehead atoms. The topological polar surface area (TPSA) is 65.1 Å². The molecule has 1 rings (SSSR count). The third-order valence-electron chi connectivity index (χ3n) is 2.89. The lowest BCUT2D eigenvalue weighted by Gasteiger charge is -2.29. The van der Waals surface area contributed by atoms with Crippen molar-refractivity contribution >= 4 is 0 Å². The van der Waals surface area contributed by atoms with Gasteiger partial charge in [-0.05, 0) is 19.8 Å². The Hall–Kier alpha value is -0.910. The molecule has 17 heavy (non-hydrogen) atoms. The molecule has 0 radical (unpaired) electrons. The van der Waals surface area contributed by atoms with Crippen LogP contribution in [-0.4, -0.2) is 22.3 Å². The van der Waals surface area contributed by atoms with Gasteiger partial charge in [-0.25, -0.2) is 10.4 Å². The van der Waals surface area contributed by atoms with Crippen LogP contribution in [0.15, 0.2) is 12.4 Å². The second-order valence-corrected chi connectivity index (χ2v) is 4.38. The van der Waals surface area contributed by atoms with E-state index in [1.807, 2.05) is 13.1 Å². The lowest BCUT2D eigenvalue weighted by atomic mass is 9.99. The molecule has 0 saturated carbocycles. The van der Waals surface area contributed by atoms with Crippen LogP contribution in [0.1, 0.15) is 39.6 Å². The van der Waals surface area contributed by atoms with E-state index in [-0.39, 0.29) is 12.1 Å². The lowest BCUT2D eigenvalue weighted by Crippen LogP contribution is -2.42. The molecule has 0 fully saturated rings. The third-order valence-corrected chi connectivity index (χ3v) is 2.89. The summed E-state index contributed by atoms with van der Waals surface area (Å²) in [6.45, 7) is 9.89. The van der Waals surface area contributed by atoms with E-state index in [9.17, 15) is 0 Å². The summed E-state index contributed by atoms with van der Waals surface area (Å²) in [6, 6.07) is -0.0788. The van der Waals surface area contributed by atoms with Crippen LogP contribution in [0.5, 0.6) is 0 Å². The van der Waals surface area contributed by atoms with Gasteiger partial charge in [-0.15, -0.1) is 0 Å². The predicted octanol–water partition coefficient (Wildman–Crippen LogP) is 1.47. The highest BCUT2D eigenvalue weighted by atomic mass is 16.5. The Morgan fingerprint density at radius 1 is 1.47 bits per heavy atom. The zero-order valence-electron chi connectivity index (χ0n) is 11.2. The number of nitrogens with zero attached hydrogens (tertiary/aromatic N) is 2. The Kier molecular flexibility index (Phi) is 5.61. The van der Waals surface area contributed by atoms with Gasteiger partial charge in [-0.3, -0.25) is 5.84 Å². The van der Waals surface area contributed by atoms with E-state index in [0.717, 1.165) is 12.4 Å². The number of rotatable bonds is 7. The van der Waals surface area contributed by atoms with Crippen molar-refractivity contribution in [3.8, 4) is 0 Å². The SMILES string of the molecule is CCOC(C(C)C)C(NN)c1nccn1CC. The third kappa shape index (κ3) is 3.28. The fourth-order valence-corrected chi connectivity index (χ4v) is 2.05. The van der Waals surface area contributed by atoms with Gasteiger partial charge in [-0.2, -0.15) is 0 Å². The molecule has 1 aromatic heterocycles. The Morgan fingerprint density at radius 2 is 2.18 bits per heavy atom. The first-order valence-electron chi connectivity index (χ1n) is 6.24. The number of nitrogens with two attached hydrogens (primary N) is 1. The molecule has 2 atom stereocenters. The molecule has 3 N–H and O–H groups in total. The molecule has 0 saturated heterocycles. The Labute approximate surface area is 103 Å². The van der Waals surface area contributed by atoms with Crippen LogP contribution in [0, 0.1) is 5.92 Å². The van der Waals surface area contributed by atoms with Crippen LogP contribution in [0.25, 0.3) is 0 Å². The van der Waals surface area contributed by atoms with Crippen LogP contribution in [0.3, 0.4) is 0 Å². The summed E-state index contributed by atoms with van der Waals surface area (Å²) in [5.74, 6) is 6.98. The molecule has 0 aliphatic rings. The zero-order valence-corrected chi connectivity index (χ0v) is 11.2. The van der Waals surface area contributed by atoms with Crippen molar-refractivity contribution in [1.82, 2.24) is 15.0 Å². The van der Waals surface area contributed by atoms with Gasteiger partial charge in [0.15, 0.2) is 0 Å². The quantitative estimate of drug-likeness (QED) is 0.559. The fourth-order valence-electron chi connectivity index (χ4n) is 2.05. The molecular formula is C12H24N4O. The monoisotopic (exact) mass is 240 g/mol. The number of nitrogens with one attached hydrogen (secondary N) is 1. The van der Waals surface area contributed by atoms with Crippen LogP contribution < -0.4 is 11.3 Å². The van der Waals surface area contributed by atoms with Crippen molar-refractivity contribution in [2.24, 2.45) is 11.8 Å². The van der Waals surface area contributed by atoms with Gasteiger partial charge >= 0.3 is 0 Å². The average Bonchev–Trinajstić information content (AvgIpc) is 2.77. The molecule has 0 aromatic carbocycles. The maximum atomic E-state index is 5.78. The summed E-state index contributed by atoms with van der Waals surface area (Å²) in [5.41, 5.74) is 2.84. The summed E-state index contributed by atoms with van der Waals surface area (Å²) in [4.78, 5) is 4.38. The summed E-state index contributed by atoms with van der Waals surface area (Å²) >= 11 is 0. The minimum absolute atomic E-state index is 0.0256. The van der Waals surface area contributed by atoms with Crippen molar-refractivity contribution in [3.63, 3.8) is 0 Å². The number of aromatic nitrogens is 2. The molecule has 2 unspecified atom stereocenters. The zero-order chi connectivity index (χ0) is 12.8. The average molecular weight is 240 g/mol. The number of ether oxygens (including phenoxy) is 1. The first-order valence-corrected chi connectivity index (χ1v) is 6.24. The second kappa shape index (κ2) is 6.74. The maximum Gasteiger partial charge on any atom is 0.129 e. The lowest BCUT2D eigenvalue weighted by molar-refractivity contribution is -0.0000971. The van der Waals surface area contributed by atoms with Crippen molar-refractivity contribution in [1.29, 1.82) is 0 Å². The van der Waals surface area contributed by atoms with Crippen molar-refractivity contribution < 1.29 is 4.74 Å². The van der Waals surface area contributed by atoms with Gasteiger partial charge < -0.3 is 9.30 Å². The maximum absolute atomic E-state index is 5.78. The highest BCUT2D eigenvalue weighted by molar-refractivity contribution is 5.02. The van der Waals surface area contributed by atoms with E-state index in [1.54, 1.807) is 6.20 Å². The number of aryl methyl sites for hydroxylation is 1. The van der Waals surface area contributed by atoms with Crippen LogP contribution in [0.4, 0.5) is 0 Å². The normalized spacial score (nSPS) is 15.2. The van der Waals surface area contributed by atoms with Gasteiger partial charge in [0.2, 0.25) is 0 Å². The number of hydrazine groups is 1. The summed E-state index contributed by atoms with van der Waals surface area (Å²) in [6.07, 6.45) is 3.79. The summed E-state index contributed by atoms with van der Waals surface area (Å²) in [5, 5.41) is 0. The van der Waals surface area contributed by atoms with Gasteiger partial charge in [0.1, 0.15) is 11.9 Å². The number of imidazole rings is 1. The number of hydrogen-bond donors (Lipinski definition) is 2.